The molecule has 4 aliphatic rings. The molecule has 2 saturated carbocycles. The molecule has 5 rings (SSSR count). The number of aliphatic hydroxyl groups excluding tert-OH is 2. The van der Waals surface area contributed by atoms with Gasteiger partial charge in [0.05, 0.1) is 38.6 Å². The van der Waals surface area contributed by atoms with Crippen LogP contribution < -0.4 is 11.1 Å². The molecular formula is C24H42N2O6Pd. The first-order valence-electron chi connectivity index (χ1n) is 11.4. The van der Waals surface area contributed by atoms with E-state index in [1.165, 1.54) is 5.56 Å². The van der Waals surface area contributed by atoms with Gasteiger partial charge in [-0.3, -0.25) is 0 Å². The molecule has 0 aromatic heterocycles. The van der Waals surface area contributed by atoms with Crippen LogP contribution in [0.15, 0.2) is 30.3 Å². The van der Waals surface area contributed by atoms with Gasteiger partial charge in [-0.05, 0) is 18.4 Å². The Morgan fingerprint density at radius 3 is 1.94 bits per heavy atom. The van der Waals surface area contributed by atoms with Gasteiger partial charge in [0.15, 0.2) is 11.6 Å². The summed E-state index contributed by atoms with van der Waals surface area (Å²) in [6.45, 7) is 3.41. The summed E-state index contributed by atoms with van der Waals surface area (Å²) in [6.07, 6.45) is 3.60. The van der Waals surface area contributed by atoms with E-state index in [9.17, 15) is 10.2 Å². The number of aliphatic hydroxyl groups is 2. The van der Waals surface area contributed by atoms with Crippen molar-refractivity contribution in [1.82, 2.24) is 5.32 Å². The number of benzene rings is 1. The van der Waals surface area contributed by atoms with Crippen molar-refractivity contribution < 1.29 is 51.0 Å². The maximum Gasteiger partial charge on any atom is 0.170 e. The van der Waals surface area contributed by atoms with Crippen LogP contribution in [0, 0.1) is 0 Å². The summed E-state index contributed by atoms with van der Waals surface area (Å²) < 4.78 is 22.5. The fourth-order valence-corrected chi connectivity index (χ4v) is 4.89. The smallest absolute Gasteiger partial charge is 0.170 e. The van der Waals surface area contributed by atoms with Crippen molar-refractivity contribution in [2.24, 2.45) is 5.73 Å². The molecule has 5 N–H and O–H groups in total. The molecule has 4 fully saturated rings. The Kier molecular flexibility index (Phi) is 11.4. The molecule has 8 nitrogen and oxygen atoms in total. The van der Waals surface area contributed by atoms with E-state index in [1.807, 2.05) is 18.2 Å². The number of nitrogens with one attached hydrogen (secondary N) is 1. The molecule has 194 valence electrons. The van der Waals surface area contributed by atoms with E-state index in [0.29, 0.717) is 39.3 Å². The maximum absolute atomic E-state index is 10.1. The number of hydrogen-bond acceptors (Lipinski definition) is 8. The summed E-state index contributed by atoms with van der Waals surface area (Å²) >= 11 is 0. The average molecular weight is 561 g/mol. The van der Waals surface area contributed by atoms with E-state index >= 15 is 0 Å². The molecule has 2 aliphatic carbocycles. The Morgan fingerprint density at radius 1 is 0.879 bits per heavy atom. The minimum Gasteiger partial charge on any atom is -0.392 e. The van der Waals surface area contributed by atoms with Crippen molar-refractivity contribution in [1.29, 1.82) is 0 Å². The van der Waals surface area contributed by atoms with Crippen molar-refractivity contribution in [3.63, 3.8) is 0 Å². The van der Waals surface area contributed by atoms with Gasteiger partial charge in [-0.25, -0.2) is 0 Å². The zero-order chi connectivity index (χ0) is 21.7. The minimum absolute atomic E-state index is 0. The third-order valence-electron chi connectivity index (χ3n) is 6.72. The summed E-state index contributed by atoms with van der Waals surface area (Å²) in [5.41, 5.74) is 6.95. The third kappa shape index (κ3) is 7.52. The molecule has 1 aromatic rings. The van der Waals surface area contributed by atoms with Crippen LogP contribution in [0.25, 0.3) is 0 Å². The van der Waals surface area contributed by atoms with Gasteiger partial charge in [0.1, 0.15) is 0 Å². The molecule has 0 radical (unpaired) electrons. The van der Waals surface area contributed by atoms with Gasteiger partial charge in [0.25, 0.3) is 0 Å². The first-order valence-corrected chi connectivity index (χ1v) is 11.4. The largest absolute Gasteiger partial charge is 0.392 e. The first kappa shape index (κ1) is 28.8. The zero-order valence-electron chi connectivity index (χ0n) is 18.4. The number of hydrogen-bond donors (Lipinski definition) is 4. The maximum atomic E-state index is 10.1. The second-order valence-electron chi connectivity index (χ2n) is 8.97. The Bertz CT molecular complexity index is 691. The van der Waals surface area contributed by atoms with Gasteiger partial charge in [-0.15, -0.1) is 0 Å². The summed E-state index contributed by atoms with van der Waals surface area (Å²) in [6, 6.07) is 10.1. The molecule has 0 unspecified atom stereocenters. The Morgan fingerprint density at radius 2 is 1.39 bits per heavy atom. The van der Waals surface area contributed by atoms with E-state index in [1.54, 1.807) is 0 Å². The van der Waals surface area contributed by atoms with Crippen molar-refractivity contribution in [3.05, 3.63) is 35.9 Å². The molecule has 1 aromatic carbocycles. The molecule has 9 heteroatoms. The van der Waals surface area contributed by atoms with Crippen LogP contribution in [0.4, 0.5) is 0 Å². The normalized spacial score (nSPS) is 31.8. The first-order chi connectivity index (χ1) is 15.0. The van der Waals surface area contributed by atoms with Gasteiger partial charge in [0, 0.05) is 66.2 Å². The Balaban J connectivity index is 0.000000338. The molecule has 0 amide bonds. The Labute approximate surface area is 212 Å². The van der Waals surface area contributed by atoms with Crippen LogP contribution in [-0.2, 0) is 45.9 Å². The SMILES string of the molecule is C.N[C@H]1CC2(CC[C@@H]1O)OCCO2.O[C@H]1CCC2(C[C@@H]1NCc1ccccc1)OCCO2.[HH].[Pd]. The topological polar surface area (TPSA) is 115 Å². The molecule has 0 bridgehead atoms. The molecule has 2 saturated heterocycles. The molecule has 33 heavy (non-hydrogen) atoms. The number of nitrogens with two attached hydrogens (primary N) is 1. The fraction of sp³-hybridized carbons (Fsp3) is 0.750. The van der Waals surface area contributed by atoms with Crippen molar-refractivity contribution in [3.8, 4) is 0 Å². The second kappa shape index (κ2) is 13.0. The van der Waals surface area contributed by atoms with Crippen LogP contribution in [-0.4, -0.2) is 72.5 Å². The van der Waals surface area contributed by atoms with Gasteiger partial charge in [-0.1, -0.05) is 37.8 Å². The van der Waals surface area contributed by atoms with Crippen molar-refractivity contribution in [2.45, 2.75) is 88.4 Å². The van der Waals surface area contributed by atoms with Gasteiger partial charge in [-0.2, -0.15) is 0 Å². The van der Waals surface area contributed by atoms with E-state index in [4.69, 9.17) is 24.7 Å². The fourth-order valence-electron chi connectivity index (χ4n) is 4.89. The van der Waals surface area contributed by atoms with Gasteiger partial charge >= 0.3 is 0 Å². The van der Waals surface area contributed by atoms with Gasteiger partial charge < -0.3 is 40.2 Å². The van der Waals surface area contributed by atoms with E-state index in [0.717, 1.165) is 32.2 Å². The van der Waals surface area contributed by atoms with Gasteiger partial charge in [0.2, 0.25) is 0 Å². The van der Waals surface area contributed by atoms with Crippen molar-refractivity contribution >= 4 is 0 Å². The molecular weight excluding hydrogens is 519 g/mol. The molecule has 2 aliphatic heterocycles. The summed E-state index contributed by atoms with van der Waals surface area (Å²) in [5.74, 6) is -0.910. The standard InChI is InChI=1S/C15H21NO3.C8H15NO3.CH4.Pd.H2/c17-14-6-7-15(18-8-9-19-15)10-13(14)16-11-12-4-2-1-3-5-12;9-6-5-8(2-1-7(6)10)11-3-4-12-8;;;/h1-5,13-14,16-17H,6-11H2;6-7,10H,1-5,9H2;1H4;;1H/t13-,14-;6-,7-;;;/m00.../s1. The average Bonchev–Trinajstić information content (AvgIpc) is 3.43. The zero-order valence-corrected chi connectivity index (χ0v) is 19.9. The van der Waals surface area contributed by atoms with Crippen molar-refractivity contribution in [2.75, 3.05) is 26.4 Å². The van der Waals surface area contributed by atoms with Crippen LogP contribution in [0.5, 0.6) is 0 Å². The summed E-state index contributed by atoms with van der Waals surface area (Å²) in [5, 5.41) is 22.9. The monoisotopic (exact) mass is 560 g/mol. The van der Waals surface area contributed by atoms with E-state index in [-0.39, 0.29) is 53.6 Å². The Hall–Kier alpha value is -0.438. The van der Waals surface area contributed by atoms with Crippen LogP contribution in [0.3, 0.4) is 0 Å². The summed E-state index contributed by atoms with van der Waals surface area (Å²) in [7, 11) is 0. The molecule has 2 heterocycles. The quantitative estimate of drug-likeness (QED) is 0.415. The summed E-state index contributed by atoms with van der Waals surface area (Å²) in [4.78, 5) is 0. The van der Waals surface area contributed by atoms with Crippen LogP contribution in [0.1, 0.15) is 52.9 Å². The second-order valence-corrected chi connectivity index (χ2v) is 8.97. The predicted molar refractivity (Wildman–Crippen MR) is 123 cm³/mol. The minimum atomic E-state index is -0.460. The van der Waals surface area contributed by atoms with Crippen LogP contribution in [0.2, 0.25) is 0 Å². The predicted octanol–water partition coefficient (Wildman–Crippen LogP) is 1.91. The van der Waals surface area contributed by atoms with Crippen LogP contribution >= 0.6 is 0 Å². The van der Waals surface area contributed by atoms with E-state index in [2.05, 4.69) is 17.4 Å². The van der Waals surface area contributed by atoms with E-state index < -0.39 is 11.6 Å². The third-order valence-corrected chi connectivity index (χ3v) is 6.72. The number of ether oxygens (including phenoxy) is 4. The number of rotatable bonds is 3. The molecule has 4 atom stereocenters. The molecule has 2 spiro atoms.